The van der Waals surface area contributed by atoms with E-state index in [-0.39, 0.29) is 0 Å². The van der Waals surface area contributed by atoms with Crippen molar-refractivity contribution in [1.82, 2.24) is 5.32 Å². The van der Waals surface area contributed by atoms with Gasteiger partial charge in [0.25, 0.3) is 0 Å². The first-order chi connectivity index (χ1) is 10.1. The standard InChI is InChI=1S/C20H31N/c1-14-7-8-17(13-21-19-9-10-19)18(11-14)12-20-15(2)5-4-6-16(20)3/h4-6,14,17-19,21H,7-13H2,1-3H3. The second-order valence-electron chi connectivity index (χ2n) is 7.70. The maximum absolute atomic E-state index is 3.79. The number of hydrogen-bond donors (Lipinski definition) is 1. The molecule has 2 aliphatic carbocycles. The van der Waals surface area contributed by atoms with E-state index >= 15 is 0 Å². The van der Waals surface area contributed by atoms with E-state index in [1.165, 1.54) is 56.2 Å². The smallest absolute Gasteiger partial charge is 0.00683 e. The summed E-state index contributed by atoms with van der Waals surface area (Å²) in [6.45, 7) is 8.27. The Morgan fingerprint density at radius 1 is 1.00 bits per heavy atom. The van der Waals surface area contributed by atoms with Crippen LogP contribution in [0, 0.1) is 31.6 Å². The predicted molar refractivity (Wildman–Crippen MR) is 90.6 cm³/mol. The van der Waals surface area contributed by atoms with Gasteiger partial charge in [0, 0.05) is 6.04 Å². The van der Waals surface area contributed by atoms with Crippen LogP contribution in [-0.4, -0.2) is 12.6 Å². The normalized spacial score (nSPS) is 29.6. The van der Waals surface area contributed by atoms with Gasteiger partial charge in [-0.3, -0.25) is 0 Å². The van der Waals surface area contributed by atoms with Gasteiger partial charge >= 0.3 is 0 Å². The summed E-state index contributed by atoms with van der Waals surface area (Å²) in [7, 11) is 0. The molecule has 1 aromatic carbocycles. The summed E-state index contributed by atoms with van der Waals surface area (Å²) in [4.78, 5) is 0. The molecule has 3 atom stereocenters. The van der Waals surface area contributed by atoms with E-state index in [0.29, 0.717) is 0 Å². The van der Waals surface area contributed by atoms with Crippen molar-refractivity contribution in [3.8, 4) is 0 Å². The van der Waals surface area contributed by atoms with Gasteiger partial charge in [0.1, 0.15) is 0 Å². The molecule has 0 saturated heterocycles. The number of rotatable bonds is 5. The highest BCUT2D eigenvalue weighted by molar-refractivity contribution is 5.34. The highest BCUT2D eigenvalue weighted by atomic mass is 14.9. The molecule has 0 heterocycles. The predicted octanol–water partition coefficient (Wildman–Crippen LogP) is 4.65. The summed E-state index contributed by atoms with van der Waals surface area (Å²) < 4.78 is 0. The largest absolute Gasteiger partial charge is 0.314 e. The van der Waals surface area contributed by atoms with E-state index in [9.17, 15) is 0 Å². The number of hydrogen-bond acceptors (Lipinski definition) is 1. The Labute approximate surface area is 130 Å². The van der Waals surface area contributed by atoms with Crippen LogP contribution in [0.25, 0.3) is 0 Å². The van der Waals surface area contributed by atoms with E-state index in [1.807, 2.05) is 0 Å². The van der Waals surface area contributed by atoms with Crippen LogP contribution >= 0.6 is 0 Å². The molecule has 1 N–H and O–H groups in total. The first-order valence-electron chi connectivity index (χ1n) is 8.92. The molecule has 116 valence electrons. The minimum Gasteiger partial charge on any atom is -0.314 e. The first-order valence-corrected chi connectivity index (χ1v) is 8.92. The van der Waals surface area contributed by atoms with Crippen LogP contribution in [0.5, 0.6) is 0 Å². The summed E-state index contributed by atoms with van der Waals surface area (Å²) in [5.41, 5.74) is 4.59. The Bertz CT molecular complexity index is 454. The third kappa shape index (κ3) is 3.88. The van der Waals surface area contributed by atoms with Gasteiger partial charge < -0.3 is 5.32 Å². The van der Waals surface area contributed by atoms with Crippen molar-refractivity contribution in [2.45, 2.75) is 65.3 Å². The second-order valence-corrected chi connectivity index (χ2v) is 7.70. The van der Waals surface area contributed by atoms with E-state index in [1.54, 1.807) is 5.56 Å². The van der Waals surface area contributed by atoms with E-state index in [2.05, 4.69) is 44.3 Å². The fourth-order valence-corrected chi connectivity index (χ4v) is 4.12. The third-order valence-corrected chi connectivity index (χ3v) is 5.76. The number of benzene rings is 1. The third-order valence-electron chi connectivity index (χ3n) is 5.76. The highest BCUT2D eigenvalue weighted by Crippen LogP contribution is 2.37. The van der Waals surface area contributed by atoms with Crippen LogP contribution in [0.4, 0.5) is 0 Å². The molecule has 21 heavy (non-hydrogen) atoms. The molecule has 0 spiro atoms. The quantitative estimate of drug-likeness (QED) is 0.830. The summed E-state index contributed by atoms with van der Waals surface area (Å²) in [5, 5.41) is 3.79. The zero-order valence-corrected chi connectivity index (χ0v) is 14.0. The summed E-state index contributed by atoms with van der Waals surface area (Å²) in [6.07, 6.45) is 8.39. The average Bonchev–Trinajstić information content (AvgIpc) is 3.26. The van der Waals surface area contributed by atoms with Gasteiger partial charge in [-0.05, 0) is 86.9 Å². The first kappa shape index (κ1) is 15.1. The monoisotopic (exact) mass is 285 g/mol. The number of aryl methyl sites for hydroxylation is 2. The van der Waals surface area contributed by atoms with E-state index in [4.69, 9.17) is 0 Å². The molecule has 1 heteroatoms. The zero-order valence-electron chi connectivity index (χ0n) is 14.0. The lowest BCUT2D eigenvalue weighted by molar-refractivity contribution is 0.183. The van der Waals surface area contributed by atoms with Crippen LogP contribution in [0.15, 0.2) is 18.2 Å². The summed E-state index contributed by atoms with van der Waals surface area (Å²) in [6, 6.07) is 7.62. The van der Waals surface area contributed by atoms with Gasteiger partial charge in [-0.25, -0.2) is 0 Å². The maximum Gasteiger partial charge on any atom is 0.00683 e. The van der Waals surface area contributed by atoms with Crippen LogP contribution in [0.1, 0.15) is 55.7 Å². The Morgan fingerprint density at radius 2 is 1.71 bits per heavy atom. The fraction of sp³-hybridized carbons (Fsp3) is 0.700. The van der Waals surface area contributed by atoms with Gasteiger partial charge in [-0.15, -0.1) is 0 Å². The molecule has 0 radical (unpaired) electrons. The van der Waals surface area contributed by atoms with Crippen LogP contribution in [0.2, 0.25) is 0 Å². The van der Waals surface area contributed by atoms with Crippen molar-refractivity contribution in [2.75, 3.05) is 6.54 Å². The molecule has 2 saturated carbocycles. The minimum absolute atomic E-state index is 0.852. The van der Waals surface area contributed by atoms with Crippen LogP contribution in [-0.2, 0) is 6.42 Å². The molecule has 0 aromatic heterocycles. The van der Waals surface area contributed by atoms with Crippen molar-refractivity contribution in [3.63, 3.8) is 0 Å². The lowest BCUT2D eigenvalue weighted by Crippen LogP contribution is -2.34. The molecule has 0 aliphatic heterocycles. The van der Waals surface area contributed by atoms with Gasteiger partial charge in [-0.1, -0.05) is 31.5 Å². The SMILES string of the molecule is Cc1cccc(C)c1CC1CC(C)CCC1CNC1CC1. The Hall–Kier alpha value is -0.820. The molecular weight excluding hydrogens is 254 g/mol. The molecule has 1 nitrogen and oxygen atoms in total. The second kappa shape index (κ2) is 6.52. The van der Waals surface area contributed by atoms with Gasteiger partial charge in [-0.2, -0.15) is 0 Å². The van der Waals surface area contributed by atoms with Crippen LogP contribution in [0.3, 0.4) is 0 Å². The van der Waals surface area contributed by atoms with Gasteiger partial charge in [0.15, 0.2) is 0 Å². The zero-order chi connectivity index (χ0) is 14.8. The van der Waals surface area contributed by atoms with Gasteiger partial charge in [0.2, 0.25) is 0 Å². The van der Waals surface area contributed by atoms with E-state index < -0.39 is 0 Å². The van der Waals surface area contributed by atoms with E-state index in [0.717, 1.165) is 23.8 Å². The number of nitrogens with one attached hydrogen (secondary N) is 1. The molecule has 2 aliphatic rings. The average molecular weight is 285 g/mol. The maximum atomic E-state index is 3.79. The minimum atomic E-state index is 0.852. The van der Waals surface area contributed by atoms with Crippen LogP contribution < -0.4 is 5.32 Å². The summed E-state index contributed by atoms with van der Waals surface area (Å²) >= 11 is 0. The molecule has 3 unspecified atom stereocenters. The van der Waals surface area contributed by atoms with Crippen molar-refractivity contribution in [1.29, 1.82) is 0 Å². The molecule has 0 bridgehead atoms. The fourth-order valence-electron chi connectivity index (χ4n) is 4.12. The molecule has 1 aromatic rings. The van der Waals surface area contributed by atoms with Crippen molar-refractivity contribution in [2.24, 2.45) is 17.8 Å². The molecule has 3 rings (SSSR count). The van der Waals surface area contributed by atoms with Crippen molar-refractivity contribution < 1.29 is 0 Å². The molecule has 0 amide bonds. The highest BCUT2D eigenvalue weighted by Gasteiger charge is 2.31. The Balaban J connectivity index is 1.69. The Morgan fingerprint density at radius 3 is 2.38 bits per heavy atom. The summed E-state index contributed by atoms with van der Waals surface area (Å²) in [5.74, 6) is 2.68. The topological polar surface area (TPSA) is 12.0 Å². The Kier molecular flexibility index (Phi) is 4.69. The molecule has 2 fully saturated rings. The van der Waals surface area contributed by atoms with Crippen molar-refractivity contribution in [3.05, 3.63) is 34.9 Å². The van der Waals surface area contributed by atoms with Gasteiger partial charge in [0.05, 0.1) is 0 Å². The van der Waals surface area contributed by atoms with Crippen molar-refractivity contribution >= 4 is 0 Å². The molecular formula is C20H31N. The lowest BCUT2D eigenvalue weighted by atomic mass is 9.71. The lowest BCUT2D eigenvalue weighted by Gasteiger charge is -2.36.